The highest BCUT2D eigenvalue weighted by atomic mass is 35.5. The smallest absolute Gasteiger partial charge is 0.129 e. The maximum absolute atomic E-state index is 11.7. The van der Waals surface area contributed by atoms with E-state index in [1.165, 1.54) is 0 Å². The van der Waals surface area contributed by atoms with Crippen molar-refractivity contribution in [1.29, 1.82) is 0 Å². The SMILES string of the molecule is CC(=O)CCCS(=O)c1cccc(Cl)c1. The zero-order chi connectivity index (χ0) is 11.3. The second-order valence-corrected chi connectivity index (χ2v) is 5.32. The van der Waals surface area contributed by atoms with Crippen molar-refractivity contribution in [3.8, 4) is 0 Å². The third-order valence-corrected chi connectivity index (χ3v) is 3.59. The number of benzene rings is 1. The normalized spacial score (nSPS) is 12.4. The summed E-state index contributed by atoms with van der Waals surface area (Å²) < 4.78 is 11.7. The van der Waals surface area contributed by atoms with Crippen LogP contribution in [0, 0.1) is 0 Å². The minimum Gasteiger partial charge on any atom is -0.300 e. The molecular weight excluding hydrogens is 232 g/mol. The van der Waals surface area contributed by atoms with E-state index < -0.39 is 10.8 Å². The van der Waals surface area contributed by atoms with Crippen molar-refractivity contribution in [2.75, 3.05) is 5.75 Å². The van der Waals surface area contributed by atoms with Crippen LogP contribution in [-0.4, -0.2) is 15.7 Å². The van der Waals surface area contributed by atoms with Crippen molar-refractivity contribution in [3.05, 3.63) is 29.3 Å². The van der Waals surface area contributed by atoms with E-state index in [4.69, 9.17) is 11.6 Å². The quantitative estimate of drug-likeness (QED) is 0.798. The number of rotatable bonds is 5. The molecule has 0 aliphatic carbocycles. The van der Waals surface area contributed by atoms with Crippen LogP contribution in [0.3, 0.4) is 0 Å². The molecule has 0 N–H and O–H groups in total. The van der Waals surface area contributed by atoms with Crippen LogP contribution >= 0.6 is 11.6 Å². The van der Waals surface area contributed by atoms with Crippen LogP contribution in [0.1, 0.15) is 19.8 Å². The highest BCUT2D eigenvalue weighted by Gasteiger charge is 2.04. The topological polar surface area (TPSA) is 34.1 Å². The number of hydrogen-bond donors (Lipinski definition) is 0. The van der Waals surface area contributed by atoms with Crippen LogP contribution in [0.15, 0.2) is 29.2 Å². The van der Waals surface area contributed by atoms with Crippen molar-refractivity contribution >= 4 is 28.2 Å². The van der Waals surface area contributed by atoms with Crippen molar-refractivity contribution < 1.29 is 9.00 Å². The maximum atomic E-state index is 11.7. The highest BCUT2D eigenvalue weighted by Crippen LogP contribution is 2.14. The van der Waals surface area contributed by atoms with Crippen LogP contribution in [0.25, 0.3) is 0 Å². The Morgan fingerprint density at radius 1 is 1.47 bits per heavy atom. The average molecular weight is 245 g/mol. The number of Topliss-reactive ketones (excluding diaryl/α,β-unsaturated/α-hetero) is 1. The molecule has 1 unspecified atom stereocenters. The van der Waals surface area contributed by atoms with Gasteiger partial charge in [0.05, 0.1) is 10.8 Å². The predicted octanol–water partition coefficient (Wildman–Crippen LogP) is 2.82. The van der Waals surface area contributed by atoms with Crippen LogP contribution in [-0.2, 0) is 15.6 Å². The van der Waals surface area contributed by atoms with E-state index in [0.717, 1.165) is 4.90 Å². The molecule has 2 nitrogen and oxygen atoms in total. The Morgan fingerprint density at radius 2 is 2.20 bits per heavy atom. The van der Waals surface area contributed by atoms with Gasteiger partial charge in [0.15, 0.2) is 0 Å². The van der Waals surface area contributed by atoms with Gasteiger partial charge in [-0.15, -0.1) is 0 Å². The molecule has 0 heterocycles. The summed E-state index contributed by atoms with van der Waals surface area (Å²) in [5, 5.41) is 0.590. The van der Waals surface area contributed by atoms with Gasteiger partial charge < -0.3 is 4.79 Å². The molecule has 0 aromatic heterocycles. The lowest BCUT2D eigenvalue weighted by Crippen LogP contribution is -2.00. The van der Waals surface area contributed by atoms with Gasteiger partial charge in [-0.05, 0) is 31.5 Å². The van der Waals surface area contributed by atoms with Gasteiger partial charge in [-0.3, -0.25) is 4.21 Å². The van der Waals surface area contributed by atoms with Crippen LogP contribution in [0.2, 0.25) is 5.02 Å². The molecule has 1 rings (SSSR count). The van der Waals surface area contributed by atoms with Crippen molar-refractivity contribution in [2.45, 2.75) is 24.7 Å². The zero-order valence-electron chi connectivity index (χ0n) is 8.53. The predicted molar refractivity (Wildman–Crippen MR) is 62.6 cm³/mol. The molecule has 0 radical (unpaired) electrons. The Labute approximate surface area is 97.1 Å². The van der Waals surface area contributed by atoms with Gasteiger partial charge in [0.2, 0.25) is 0 Å². The molecule has 1 aromatic rings. The molecule has 82 valence electrons. The van der Waals surface area contributed by atoms with Gasteiger partial charge in [-0.1, -0.05) is 17.7 Å². The lowest BCUT2D eigenvalue weighted by molar-refractivity contribution is -0.117. The molecule has 4 heteroatoms. The zero-order valence-corrected chi connectivity index (χ0v) is 10.1. The summed E-state index contributed by atoms with van der Waals surface area (Å²) >= 11 is 5.78. The van der Waals surface area contributed by atoms with Gasteiger partial charge in [0.25, 0.3) is 0 Å². The summed E-state index contributed by atoms with van der Waals surface area (Å²) in [6, 6.07) is 7.01. The standard InChI is InChI=1S/C11H13ClO2S/c1-9(13)4-3-7-15(14)11-6-2-5-10(12)8-11/h2,5-6,8H,3-4,7H2,1H3. The van der Waals surface area contributed by atoms with Crippen molar-refractivity contribution in [2.24, 2.45) is 0 Å². The van der Waals surface area contributed by atoms with Crippen molar-refractivity contribution in [1.82, 2.24) is 0 Å². The minimum atomic E-state index is -1.05. The first-order chi connectivity index (χ1) is 7.09. The number of ketones is 1. The monoisotopic (exact) mass is 244 g/mol. The highest BCUT2D eigenvalue weighted by molar-refractivity contribution is 7.85. The van der Waals surface area contributed by atoms with Gasteiger partial charge in [-0.25, -0.2) is 0 Å². The van der Waals surface area contributed by atoms with Crippen LogP contribution in [0.4, 0.5) is 0 Å². The van der Waals surface area contributed by atoms with Gasteiger partial charge >= 0.3 is 0 Å². The molecule has 1 atom stereocenters. The first-order valence-electron chi connectivity index (χ1n) is 4.73. The molecule has 0 aliphatic heterocycles. The van der Waals surface area contributed by atoms with E-state index in [1.54, 1.807) is 31.2 Å². The Hall–Kier alpha value is -0.670. The molecule has 0 spiro atoms. The molecule has 0 saturated carbocycles. The first-order valence-corrected chi connectivity index (χ1v) is 6.42. The fourth-order valence-corrected chi connectivity index (χ4v) is 2.56. The molecule has 0 aliphatic rings. The molecule has 0 fully saturated rings. The first kappa shape index (κ1) is 12.4. The van der Waals surface area contributed by atoms with Crippen molar-refractivity contribution in [3.63, 3.8) is 0 Å². The molecule has 0 saturated heterocycles. The van der Waals surface area contributed by atoms with E-state index in [-0.39, 0.29) is 5.78 Å². The number of halogens is 1. The van der Waals surface area contributed by atoms with E-state index in [9.17, 15) is 9.00 Å². The number of carbonyl (C=O) groups excluding carboxylic acids is 1. The Morgan fingerprint density at radius 3 is 2.80 bits per heavy atom. The summed E-state index contributed by atoms with van der Waals surface area (Å²) in [4.78, 5) is 11.4. The molecular formula is C11H13ClO2S. The Bertz CT molecular complexity index is 377. The van der Waals surface area contributed by atoms with Gasteiger partial charge in [0.1, 0.15) is 5.78 Å². The Kier molecular flexibility index (Phi) is 4.99. The summed E-state index contributed by atoms with van der Waals surface area (Å²) in [5.41, 5.74) is 0. The Balaban J connectivity index is 2.50. The summed E-state index contributed by atoms with van der Waals surface area (Å²) in [7, 11) is -1.05. The molecule has 0 bridgehead atoms. The minimum absolute atomic E-state index is 0.137. The van der Waals surface area contributed by atoms with E-state index in [0.29, 0.717) is 23.6 Å². The fraction of sp³-hybridized carbons (Fsp3) is 0.364. The second-order valence-electron chi connectivity index (χ2n) is 3.31. The van der Waals surface area contributed by atoms with Crippen LogP contribution < -0.4 is 0 Å². The van der Waals surface area contributed by atoms with E-state index in [2.05, 4.69) is 0 Å². The van der Waals surface area contributed by atoms with Gasteiger partial charge in [0, 0.05) is 22.1 Å². The summed E-state index contributed by atoms with van der Waals surface area (Å²) in [5.74, 6) is 0.651. The fourth-order valence-electron chi connectivity index (χ4n) is 1.18. The second kappa shape index (κ2) is 6.03. The molecule has 1 aromatic carbocycles. The number of carbonyl (C=O) groups is 1. The largest absolute Gasteiger partial charge is 0.300 e. The van der Waals surface area contributed by atoms with Crippen LogP contribution in [0.5, 0.6) is 0 Å². The molecule has 0 amide bonds. The lowest BCUT2D eigenvalue weighted by atomic mass is 10.3. The third-order valence-electron chi connectivity index (χ3n) is 1.92. The van der Waals surface area contributed by atoms with E-state index >= 15 is 0 Å². The summed E-state index contributed by atoms with van der Waals surface area (Å²) in [6.07, 6.45) is 1.15. The summed E-state index contributed by atoms with van der Waals surface area (Å²) in [6.45, 7) is 1.54. The number of hydrogen-bond acceptors (Lipinski definition) is 2. The average Bonchev–Trinajstić information content (AvgIpc) is 2.17. The molecule has 15 heavy (non-hydrogen) atoms. The van der Waals surface area contributed by atoms with Gasteiger partial charge in [-0.2, -0.15) is 0 Å². The maximum Gasteiger partial charge on any atom is 0.129 e. The lowest BCUT2D eigenvalue weighted by Gasteiger charge is -2.01. The third kappa shape index (κ3) is 4.58. The van der Waals surface area contributed by atoms with E-state index in [1.807, 2.05) is 0 Å².